The normalized spacial score (nSPS) is 16.1. The van der Waals surface area contributed by atoms with Crippen LogP contribution >= 0.6 is 11.6 Å². The first-order chi connectivity index (χ1) is 12.0. The van der Waals surface area contributed by atoms with Crippen LogP contribution in [0.1, 0.15) is 19.4 Å². The Bertz CT molecular complexity index is 788. The van der Waals surface area contributed by atoms with Gasteiger partial charge in [-0.1, -0.05) is 31.5 Å². The molecule has 130 valence electrons. The molecule has 1 amide bonds. The Morgan fingerprint density at radius 3 is 2.88 bits per heavy atom. The Labute approximate surface area is 152 Å². The summed E-state index contributed by atoms with van der Waals surface area (Å²) in [5.74, 6) is 1.09. The number of rotatable bonds is 5. The van der Waals surface area contributed by atoms with E-state index in [2.05, 4.69) is 10.3 Å². The van der Waals surface area contributed by atoms with E-state index in [-0.39, 0.29) is 12.0 Å². The molecule has 5 heteroatoms. The van der Waals surface area contributed by atoms with Gasteiger partial charge in [0.1, 0.15) is 11.9 Å². The Morgan fingerprint density at radius 1 is 1.40 bits per heavy atom. The summed E-state index contributed by atoms with van der Waals surface area (Å²) in [6, 6.07) is 7.70. The van der Waals surface area contributed by atoms with Gasteiger partial charge in [0.15, 0.2) is 0 Å². The molecule has 0 spiro atoms. The molecule has 0 bridgehead atoms. The highest BCUT2D eigenvalue weighted by Gasteiger charge is 2.26. The topological polar surface area (TPSA) is 51.2 Å². The second-order valence-electron chi connectivity index (χ2n) is 6.47. The van der Waals surface area contributed by atoms with E-state index in [9.17, 15) is 4.79 Å². The van der Waals surface area contributed by atoms with Gasteiger partial charge in [-0.2, -0.15) is 0 Å². The van der Waals surface area contributed by atoms with Gasteiger partial charge in [0.25, 0.3) is 0 Å². The minimum Gasteiger partial charge on any atom is -0.487 e. The van der Waals surface area contributed by atoms with E-state index in [4.69, 9.17) is 16.3 Å². The molecule has 1 aromatic carbocycles. The summed E-state index contributed by atoms with van der Waals surface area (Å²) >= 11 is 6.27. The lowest BCUT2D eigenvalue weighted by Crippen LogP contribution is -2.33. The summed E-state index contributed by atoms with van der Waals surface area (Å²) < 4.78 is 6.11. The van der Waals surface area contributed by atoms with Crippen LogP contribution < -0.4 is 10.1 Å². The van der Waals surface area contributed by atoms with Crippen molar-refractivity contribution in [3.8, 4) is 16.9 Å². The van der Waals surface area contributed by atoms with Gasteiger partial charge in [-0.25, -0.2) is 0 Å². The molecule has 2 heterocycles. The molecule has 1 aliphatic rings. The van der Waals surface area contributed by atoms with Crippen molar-refractivity contribution >= 4 is 17.5 Å². The average molecular weight is 357 g/mol. The number of aromatic nitrogens is 1. The monoisotopic (exact) mass is 356 g/mol. The molecule has 0 aliphatic carbocycles. The molecule has 1 atom stereocenters. The summed E-state index contributed by atoms with van der Waals surface area (Å²) in [5, 5.41) is 3.57. The SMILES string of the molecule is CC(C)/C=C/C(=O)NC[C@@H]1Cc2cc(Cl)cc(-c3ccncc3)c2O1. The fourth-order valence-electron chi connectivity index (χ4n) is 2.81. The maximum atomic E-state index is 11.8. The molecule has 0 saturated carbocycles. The summed E-state index contributed by atoms with van der Waals surface area (Å²) in [4.78, 5) is 15.9. The smallest absolute Gasteiger partial charge is 0.243 e. The predicted octanol–water partition coefficient (Wildman–Crippen LogP) is 4.03. The van der Waals surface area contributed by atoms with Gasteiger partial charge in [-0.15, -0.1) is 0 Å². The predicted molar refractivity (Wildman–Crippen MR) is 99.8 cm³/mol. The summed E-state index contributed by atoms with van der Waals surface area (Å²) in [6.07, 6.45) is 7.58. The fraction of sp³-hybridized carbons (Fsp3) is 0.300. The Kier molecular flexibility index (Phi) is 5.39. The lowest BCUT2D eigenvalue weighted by molar-refractivity contribution is -0.116. The van der Waals surface area contributed by atoms with E-state index >= 15 is 0 Å². The number of carbonyl (C=O) groups excluding carboxylic acids is 1. The van der Waals surface area contributed by atoms with Crippen molar-refractivity contribution in [2.75, 3.05) is 6.54 Å². The lowest BCUT2D eigenvalue weighted by Gasteiger charge is -2.13. The minimum atomic E-state index is -0.0966. The number of amides is 1. The van der Waals surface area contributed by atoms with E-state index in [1.165, 1.54) is 0 Å². The number of hydrogen-bond acceptors (Lipinski definition) is 3. The number of benzene rings is 1. The van der Waals surface area contributed by atoms with Gasteiger partial charge >= 0.3 is 0 Å². The largest absolute Gasteiger partial charge is 0.487 e. The first-order valence-electron chi connectivity index (χ1n) is 8.38. The Balaban J connectivity index is 1.72. The molecule has 0 radical (unpaired) electrons. The number of hydrogen-bond donors (Lipinski definition) is 1. The molecule has 1 aliphatic heterocycles. The van der Waals surface area contributed by atoms with Gasteiger partial charge in [-0.3, -0.25) is 9.78 Å². The molecule has 2 aromatic rings. The quantitative estimate of drug-likeness (QED) is 0.823. The summed E-state index contributed by atoms with van der Waals surface area (Å²) in [5.41, 5.74) is 3.04. The van der Waals surface area contributed by atoms with Crippen molar-refractivity contribution < 1.29 is 9.53 Å². The zero-order chi connectivity index (χ0) is 17.8. The second-order valence-corrected chi connectivity index (χ2v) is 6.91. The van der Waals surface area contributed by atoms with Gasteiger partial charge < -0.3 is 10.1 Å². The number of pyridine rings is 1. The maximum absolute atomic E-state index is 11.8. The minimum absolute atomic E-state index is 0.0922. The van der Waals surface area contributed by atoms with E-state index in [1.807, 2.05) is 44.2 Å². The number of nitrogens with zero attached hydrogens (tertiary/aromatic N) is 1. The molecular formula is C20H21ClN2O2. The van der Waals surface area contributed by atoms with Crippen molar-refractivity contribution in [2.24, 2.45) is 5.92 Å². The highest BCUT2D eigenvalue weighted by Crippen LogP contribution is 2.40. The number of nitrogens with one attached hydrogen (secondary N) is 1. The molecule has 4 nitrogen and oxygen atoms in total. The third-order valence-corrected chi connectivity index (χ3v) is 4.21. The van der Waals surface area contributed by atoms with Crippen molar-refractivity contribution in [3.05, 3.63) is 59.4 Å². The van der Waals surface area contributed by atoms with E-state index in [0.717, 1.165) is 28.9 Å². The van der Waals surface area contributed by atoms with Crippen LogP contribution in [0.15, 0.2) is 48.8 Å². The van der Waals surface area contributed by atoms with E-state index in [0.29, 0.717) is 17.5 Å². The number of halogens is 1. The van der Waals surface area contributed by atoms with Gasteiger partial charge in [0.2, 0.25) is 5.91 Å². The van der Waals surface area contributed by atoms with Crippen LogP contribution in [0.2, 0.25) is 5.02 Å². The zero-order valence-corrected chi connectivity index (χ0v) is 15.1. The van der Waals surface area contributed by atoms with E-state index < -0.39 is 0 Å². The van der Waals surface area contributed by atoms with E-state index in [1.54, 1.807) is 18.5 Å². The first kappa shape index (κ1) is 17.5. The molecular weight excluding hydrogens is 336 g/mol. The highest BCUT2D eigenvalue weighted by molar-refractivity contribution is 6.31. The van der Waals surface area contributed by atoms with Crippen LogP contribution in [-0.2, 0) is 11.2 Å². The molecule has 0 unspecified atom stereocenters. The zero-order valence-electron chi connectivity index (χ0n) is 14.3. The third kappa shape index (κ3) is 4.40. The van der Waals surface area contributed by atoms with Crippen LogP contribution in [-0.4, -0.2) is 23.5 Å². The van der Waals surface area contributed by atoms with Crippen molar-refractivity contribution in [1.29, 1.82) is 0 Å². The standard InChI is InChI=1S/C20H21ClN2O2/c1-13(2)3-4-19(24)23-12-17-10-15-9-16(21)11-18(20(15)25-17)14-5-7-22-8-6-14/h3-9,11,13,17H,10,12H2,1-2H3,(H,23,24)/b4-3+/t17-/m0/s1. The molecule has 3 rings (SSSR count). The number of fused-ring (bicyclic) bond motifs is 1. The summed E-state index contributed by atoms with van der Waals surface area (Å²) in [6.45, 7) is 4.53. The molecule has 0 saturated heterocycles. The van der Waals surface area contributed by atoms with Crippen molar-refractivity contribution in [1.82, 2.24) is 10.3 Å². The fourth-order valence-corrected chi connectivity index (χ4v) is 3.05. The number of ether oxygens (including phenoxy) is 1. The van der Waals surface area contributed by atoms with Crippen LogP contribution in [0.5, 0.6) is 5.75 Å². The van der Waals surface area contributed by atoms with Gasteiger partial charge in [0.05, 0.1) is 6.54 Å². The van der Waals surface area contributed by atoms with Crippen molar-refractivity contribution in [3.63, 3.8) is 0 Å². The molecule has 1 N–H and O–H groups in total. The van der Waals surface area contributed by atoms with Gasteiger partial charge in [0, 0.05) is 35.0 Å². The summed E-state index contributed by atoms with van der Waals surface area (Å²) in [7, 11) is 0. The van der Waals surface area contributed by atoms with Crippen LogP contribution in [0.25, 0.3) is 11.1 Å². The van der Waals surface area contributed by atoms with Crippen molar-refractivity contribution in [2.45, 2.75) is 26.4 Å². The maximum Gasteiger partial charge on any atom is 0.243 e. The molecule has 0 fully saturated rings. The first-order valence-corrected chi connectivity index (χ1v) is 8.76. The van der Waals surface area contributed by atoms with Crippen LogP contribution in [0.4, 0.5) is 0 Å². The lowest BCUT2D eigenvalue weighted by atomic mass is 10.0. The molecule has 1 aromatic heterocycles. The Hall–Kier alpha value is -2.33. The Morgan fingerprint density at radius 2 is 2.16 bits per heavy atom. The van der Waals surface area contributed by atoms with Gasteiger partial charge in [-0.05, 0) is 41.8 Å². The number of allylic oxidation sites excluding steroid dienone is 1. The molecule has 25 heavy (non-hydrogen) atoms. The highest BCUT2D eigenvalue weighted by atomic mass is 35.5. The number of carbonyl (C=O) groups is 1. The average Bonchev–Trinajstić information content (AvgIpc) is 3.00. The van der Waals surface area contributed by atoms with Crippen LogP contribution in [0.3, 0.4) is 0 Å². The second kappa shape index (κ2) is 7.70. The third-order valence-electron chi connectivity index (χ3n) is 3.99. The van der Waals surface area contributed by atoms with Crippen LogP contribution in [0, 0.1) is 5.92 Å².